The van der Waals surface area contributed by atoms with Gasteiger partial charge in [0.25, 0.3) is 0 Å². The summed E-state index contributed by atoms with van der Waals surface area (Å²) in [6, 6.07) is 7.68. The minimum Gasteiger partial charge on any atom is -0.379 e. The van der Waals surface area contributed by atoms with E-state index in [0.29, 0.717) is 5.69 Å². The molecule has 0 atom stereocenters. The molecular weight excluding hydrogens is 302 g/mol. The highest BCUT2D eigenvalue weighted by molar-refractivity contribution is 7.23. The lowest BCUT2D eigenvalue weighted by atomic mass is 10.2. The molecule has 2 heterocycles. The van der Waals surface area contributed by atoms with E-state index in [-0.39, 0.29) is 9.92 Å². The molecule has 6 nitrogen and oxygen atoms in total. The van der Waals surface area contributed by atoms with Gasteiger partial charge in [0.05, 0.1) is 18.1 Å². The molecule has 118 valence electrons. The number of fused-ring (bicyclic) bond motifs is 1. The number of benzene rings is 1. The summed E-state index contributed by atoms with van der Waals surface area (Å²) in [5.41, 5.74) is 0.660. The van der Waals surface area contributed by atoms with E-state index in [4.69, 9.17) is 4.74 Å². The topological polar surface area (TPSA) is 67.6 Å². The van der Waals surface area contributed by atoms with E-state index >= 15 is 0 Å². The molecule has 2 aromatic rings. The minimum absolute atomic E-state index is 0.201. The van der Waals surface area contributed by atoms with Crippen molar-refractivity contribution in [3.8, 4) is 0 Å². The molecule has 1 aromatic heterocycles. The van der Waals surface area contributed by atoms with Crippen LogP contribution in [0.2, 0.25) is 0 Å². The van der Waals surface area contributed by atoms with Gasteiger partial charge < -0.3 is 10.1 Å². The Morgan fingerprint density at radius 2 is 2.09 bits per heavy atom. The van der Waals surface area contributed by atoms with Gasteiger partial charge in [0.2, 0.25) is 0 Å². The highest BCUT2D eigenvalue weighted by Crippen LogP contribution is 2.41. The zero-order chi connectivity index (χ0) is 15.4. The maximum Gasteiger partial charge on any atom is 0.348 e. The molecule has 1 aliphatic heterocycles. The zero-order valence-corrected chi connectivity index (χ0v) is 13.1. The zero-order valence-electron chi connectivity index (χ0n) is 12.3. The Morgan fingerprint density at radius 1 is 1.32 bits per heavy atom. The smallest absolute Gasteiger partial charge is 0.348 e. The molecule has 1 N–H and O–H groups in total. The predicted octanol–water partition coefficient (Wildman–Crippen LogP) is 2.94. The average molecular weight is 321 g/mol. The van der Waals surface area contributed by atoms with Crippen molar-refractivity contribution in [2.45, 2.75) is 6.42 Å². The van der Waals surface area contributed by atoms with Gasteiger partial charge in [-0.15, -0.1) is 0 Å². The number of nitrogens with zero attached hydrogens (tertiary/aromatic N) is 2. The lowest BCUT2D eigenvalue weighted by Gasteiger charge is -2.26. The van der Waals surface area contributed by atoms with Crippen LogP contribution in [0.25, 0.3) is 10.1 Å². The first kappa shape index (κ1) is 15.2. The average Bonchev–Trinajstić information content (AvgIpc) is 2.92. The number of rotatable bonds is 6. The summed E-state index contributed by atoms with van der Waals surface area (Å²) < 4.78 is 6.27. The van der Waals surface area contributed by atoms with E-state index in [2.05, 4.69) is 10.2 Å². The van der Waals surface area contributed by atoms with Crippen molar-refractivity contribution >= 4 is 32.1 Å². The van der Waals surface area contributed by atoms with Crippen molar-refractivity contribution in [1.29, 1.82) is 0 Å². The van der Waals surface area contributed by atoms with Gasteiger partial charge in [0.1, 0.15) is 5.69 Å². The van der Waals surface area contributed by atoms with Gasteiger partial charge in [0, 0.05) is 29.7 Å². The van der Waals surface area contributed by atoms with Gasteiger partial charge in [-0.05, 0) is 19.0 Å². The highest BCUT2D eigenvalue weighted by atomic mass is 32.1. The Hall–Kier alpha value is -1.70. The van der Waals surface area contributed by atoms with Gasteiger partial charge in [-0.1, -0.05) is 29.5 Å². The molecule has 0 unspecified atom stereocenters. The van der Waals surface area contributed by atoms with Gasteiger partial charge in [-0.2, -0.15) is 0 Å². The standard InChI is InChI=1S/C15H19N3O3S/c19-18(20)15-14(12-4-1-2-5-13(12)22-15)16-6-3-7-17-8-10-21-11-9-17/h1-2,4-5,16H,3,6-11H2. The second-order valence-electron chi connectivity index (χ2n) is 5.27. The maximum absolute atomic E-state index is 11.2. The normalized spacial score (nSPS) is 16.0. The molecule has 1 saturated heterocycles. The van der Waals surface area contributed by atoms with Gasteiger partial charge in [-0.25, -0.2) is 0 Å². The van der Waals surface area contributed by atoms with Crippen molar-refractivity contribution in [3.05, 3.63) is 34.4 Å². The van der Waals surface area contributed by atoms with E-state index in [1.54, 1.807) is 0 Å². The van der Waals surface area contributed by atoms with Crippen LogP contribution in [0.3, 0.4) is 0 Å². The number of ether oxygens (including phenoxy) is 1. The molecule has 0 radical (unpaired) electrons. The number of thiophene rings is 1. The number of hydrogen-bond donors (Lipinski definition) is 1. The summed E-state index contributed by atoms with van der Waals surface area (Å²) in [6.45, 7) is 5.27. The van der Waals surface area contributed by atoms with Crippen LogP contribution in [0.5, 0.6) is 0 Å². The molecule has 0 saturated carbocycles. The Morgan fingerprint density at radius 3 is 2.86 bits per heavy atom. The van der Waals surface area contributed by atoms with Crippen molar-refractivity contribution in [2.24, 2.45) is 0 Å². The van der Waals surface area contributed by atoms with Crippen LogP contribution in [0.1, 0.15) is 6.42 Å². The Labute approximate surface area is 132 Å². The quantitative estimate of drug-likeness (QED) is 0.503. The van der Waals surface area contributed by atoms with E-state index in [0.717, 1.165) is 55.9 Å². The van der Waals surface area contributed by atoms with Crippen molar-refractivity contribution in [2.75, 3.05) is 44.7 Å². The monoisotopic (exact) mass is 321 g/mol. The second kappa shape index (κ2) is 7.04. The highest BCUT2D eigenvalue weighted by Gasteiger charge is 2.20. The molecule has 1 aromatic carbocycles. The lowest BCUT2D eigenvalue weighted by Crippen LogP contribution is -2.37. The number of morpholine rings is 1. The van der Waals surface area contributed by atoms with Gasteiger partial charge in [0.15, 0.2) is 0 Å². The van der Waals surface area contributed by atoms with E-state index in [9.17, 15) is 10.1 Å². The predicted molar refractivity (Wildman–Crippen MR) is 88.8 cm³/mol. The summed E-state index contributed by atoms with van der Waals surface area (Å²) in [4.78, 5) is 13.3. The molecule has 0 amide bonds. The fourth-order valence-corrected chi connectivity index (χ4v) is 3.67. The second-order valence-corrected chi connectivity index (χ2v) is 6.30. The van der Waals surface area contributed by atoms with Crippen LogP contribution in [0.15, 0.2) is 24.3 Å². The van der Waals surface area contributed by atoms with Crippen molar-refractivity contribution in [1.82, 2.24) is 4.90 Å². The van der Waals surface area contributed by atoms with E-state index < -0.39 is 0 Å². The Kier molecular flexibility index (Phi) is 4.87. The summed E-state index contributed by atoms with van der Waals surface area (Å²) in [5, 5.41) is 15.6. The molecule has 0 spiro atoms. The van der Waals surface area contributed by atoms with Crippen LogP contribution >= 0.6 is 11.3 Å². The molecule has 0 bridgehead atoms. The van der Waals surface area contributed by atoms with Crippen LogP contribution in [-0.2, 0) is 4.74 Å². The van der Waals surface area contributed by atoms with Gasteiger partial charge >= 0.3 is 5.00 Å². The van der Waals surface area contributed by atoms with Crippen LogP contribution in [0, 0.1) is 10.1 Å². The molecular formula is C15H19N3O3S. The molecule has 7 heteroatoms. The molecule has 3 rings (SSSR count). The number of anilines is 1. The van der Waals surface area contributed by atoms with Crippen LogP contribution in [-0.4, -0.2) is 49.2 Å². The van der Waals surface area contributed by atoms with E-state index in [1.807, 2.05) is 24.3 Å². The maximum atomic E-state index is 11.2. The first-order valence-corrected chi connectivity index (χ1v) is 8.27. The molecule has 0 aliphatic carbocycles. The Bertz CT molecular complexity index is 653. The van der Waals surface area contributed by atoms with Crippen LogP contribution in [0.4, 0.5) is 10.7 Å². The molecule has 1 aliphatic rings. The SMILES string of the molecule is O=[N+]([O-])c1sc2ccccc2c1NCCCN1CCOCC1. The van der Waals surface area contributed by atoms with Crippen molar-refractivity contribution in [3.63, 3.8) is 0 Å². The fourth-order valence-electron chi connectivity index (χ4n) is 2.67. The number of hydrogen-bond acceptors (Lipinski definition) is 6. The third-order valence-electron chi connectivity index (χ3n) is 3.80. The summed E-state index contributed by atoms with van der Waals surface area (Å²) >= 11 is 1.23. The van der Waals surface area contributed by atoms with Gasteiger partial charge in [-0.3, -0.25) is 15.0 Å². The van der Waals surface area contributed by atoms with E-state index in [1.165, 1.54) is 11.3 Å². The van der Waals surface area contributed by atoms with Crippen LogP contribution < -0.4 is 5.32 Å². The molecule has 1 fully saturated rings. The molecule has 22 heavy (non-hydrogen) atoms. The summed E-state index contributed by atoms with van der Waals surface area (Å²) in [7, 11) is 0. The summed E-state index contributed by atoms with van der Waals surface area (Å²) in [6.07, 6.45) is 0.960. The minimum atomic E-state index is -0.297. The lowest BCUT2D eigenvalue weighted by molar-refractivity contribution is -0.379. The number of nitro groups is 1. The Balaban J connectivity index is 1.62. The largest absolute Gasteiger partial charge is 0.379 e. The fraction of sp³-hybridized carbons (Fsp3) is 0.467. The number of nitrogens with one attached hydrogen (secondary N) is 1. The third kappa shape index (κ3) is 3.37. The third-order valence-corrected chi connectivity index (χ3v) is 4.92. The first-order chi connectivity index (χ1) is 10.8. The first-order valence-electron chi connectivity index (χ1n) is 7.45. The van der Waals surface area contributed by atoms with Crippen molar-refractivity contribution < 1.29 is 9.66 Å². The summed E-state index contributed by atoms with van der Waals surface area (Å²) in [5.74, 6) is 0.